The molecule has 2 aliphatic heterocycles. The zero-order valence-corrected chi connectivity index (χ0v) is 12.1. The van der Waals surface area contributed by atoms with Crippen LogP contribution in [-0.2, 0) is 16.6 Å². The molecule has 1 saturated heterocycles. The molecule has 5 aliphatic rings. The minimum Gasteiger partial charge on any atom is -0.493 e. The number of benzene rings is 1. The summed E-state index contributed by atoms with van der Waals surface area (Å²) in [7, 11) is 1.60. The summed E-state index contributed by atoms with van der Waals surface area (Å²) in [5.41, 5.74) is 0.352. The third-order valence-corrected chi connectivity index (χ3v) is 6.47. The van der Waals surface area contributed by atoms with Gasteiger partial charge in [-0.25, -0.2) is 0 Å². The van der Waals surface area contributed by atoms with Crippen LogP contribution in [0.15, 0.2) is 24.3 Å². The highest BCUT2D eigenvalue weighted by molar-refractivity contribution is 5.99. The van der Waals surface area contributed by atoms with E-state index in [0.29, 0.717) is 11.5 Å². The average molecular weight is 297 g/mol. The van der Waals surface area contributed by atoms with Gasteiger partial charge in [-0.3, -0.25) is 4.79 Å². The van der Waals surface area contributed by atoms with Gasteiger partial charge >= 0.3 is 0 Å². The summed E-state index contributed by atoms with van der Waals surface area (Å²) in [5, 5.41) is 15.0. The van der Waals surface area contributed by atoms with Crippen molar-refractivity contribution in [2.24, 2.45) is 0 Å². The SMILES string of the molecule is COc1ccc2c3c1O[C@H]1C(=O)C=C[C@@]4(O)C5N[C@]5(C2)C[C@]314. The lowest BCUT2D eigenvalue weighted by Gasteiger charge is -2.46. The van der Waals surface area contributed by atoms with Gasteiger partial charge in [0.1, 0.15) is 5.60 Å². The molecule has 22 heavy (non-hydrogen) atoms. The minimum atomic E-state index is -1.06. The van der Waals surface area contributed by atoms with Gasteiger partial charge < -0.3 is 19.9 Å². The fraction of sp³-hybridized carbons (Fsp3) is 0.471. The summed E-state index contributed by atoms with van der Waals surface area (Å²) in [6.45, 7) is 0. The van der Waals surface area contributed by atoms with Crippen molar-refractivity contribution in [1.82, 2.24) is 5.32 Å². The molecule has 5 atom stereocenters. The fourth-order valence-corrected chi connectivity index (χ4v) is 5.68. The first-order chi connectivity index (χ1) is 10.6. The van der Waals surface area contributed by atoms with Crippen molar-refractivity contribution >= 4 is 5.78 Å². The van der Waals surface area contributed by atoms with E-state index in [-0.39, 0.29) is 17.4 Å². The zero-order valence-electron chi connectivity index (χ0n) is 12.1. The molecule has 112 valence electrons. The number of ketones is 1. The van der Waals surface area contributed by atoms with E-state index in [1.165, 1.54) is 11.6 Å². The molecule has 0 aromatic heterocycles. The maximum atomic E-state index is 12.5. The zero-order chi connectivity index (χ0) is 14.9. The van der Waals surface area contributed by atoms with Gasteiger partial charge in [0.15, 0.2) is 23.4 Å². The van der Waals surface area contributed by atoms with Gasteiger partial charge in [-0.2, -0.15) is 0 Å². The second-order valence-corrected chi connectivity index (χ2v) is 7.25. The third-order valence-electron chi connectivity index (χ3n) is 6.47. The highest BCUT2D eigenvalue weighted by Gasteiger charge is 2.84. The summed E-state index contributed by atoms with van der Waals surface area (Å²) >= 11 is 0. The average Bonchev–Trinajstić information content (AvgIpc) is 3.01. The van der Waals surface area contributed by atoms with Crippen molar-refractivity contribution < 1.29 is 19.4 Å². The normalized spacial score (nSPS) is 47.8. The summed E-state index contributed by atoms with van der Waals surface area (Å²) in [4.78, 5) is 12.5. The quantitative estimate of drug-likeness (QED) is 0.726. The number of carbonyl (C=O) groups is 1. The Hall–Kier alpha value is -1.85. The molecule has 2 fully saturated rings. The van der Waals surface area contributed by atoms with Gasteiger partial charge in [0.05, 0.1) is 18.6 Å². The number of carbonyl (C=O) groups excluding carboxylic acids is 1. The molecular weight excluding hydrogens is 282 g/mol. The molecule has 2 N–H and O–H groups in total. The summed E-state index contributed by atoms with van der Waals surface area (Å²) in [6.07, 6.45) is 4.16. The molecule has 2 bridgehead atoms. The van der Waals surface area contributed by atoms with Crippen LogP contribution < -0.4 is 14.8 Å². The van der Waals surface area contributed by atoms with Crippen LogP contribution in [0.25, 0.3) is 0 Å². The molecule has 6 rings (SSSR count). The Morgan fingerprint density at radius 2 is 2.32 bits per heavy atom. The van der Waals surface area contributed by atoms with Crippen molar-refractivity contribution in [2.75, 3.05) is 7.11 Å². The third kappa shape index (κ3) is 0.874. The van der Waals surface area contributed by atoms with Crippen LogP contribution in [0.3, 0.4) is 0 Å². The van der Waals surface area contributed by atoms with E-state index >= 15 is 0 Å². The Kier molecular flexibility index (Phi) is 1.57. The maximum Gasteiger partial charge on any atom is 0.196 e. The first-order valence-corrected chi connectivity index (χ1v) is 7.66. The van der Waals surface area contributed by atoms with Gasteiger partial charge in [-0.15, -0.1) is 0 Å². The topological polar surface area (TPSA) is 77.7 Å². The Morgan fingerprint density at radius 1 is 1.45 bits per heavy atom. The first kappa shape index (κ1) is 11.7. The molecule has 1 aromatic carbocycles. The van der Waals surface area contributed by atoms with Gasteiger partial charge in [-0.05, 0) is 36.6 Å². The van der Waals surface area contributed by atoms with Crippen molar-refractivity contribution in [3.8, 4) is 11.5 Å². The molecular formula is C17H15NO4. The maximum absolute atomic E-state index is 12.5. The van der Waals surface area contributed by atoms with Crippen LogP contribution in [0.2, 0.25) is 0 Å². The monoisotopic (exact) mass is 297 g/mol. The molecule has 2 heterocycles. The predicted octanol–water partition coefficient (Wildman–Crippen LogP) is 0.234. The van der Waals surface area contributed by atoms with E-state index in [4.69, 9.17) is 9.47 Å². The molecule has 3 aliphatic carbocycles. The Labute approximate surface area is 126 Å². The standard InChI is InChI=1S/C17H15NO4/c1-21-10-3-2-8-6-15-7-16-11(8)12(10)22-13(16)9(19)4-5-17(16,20)14(15)18-15/h2-5,13-14,18,20H,6-7H2,1H3/t13-,14?,15+,16-,17+/m0/s1. The summed E-state index contributed by atoms with van der Waals surface area (Å²) < 4.78 is 11.5. The van der Waals surface area contributed by atoms with Gasteiger partial charge in [0.2, 0.25) is 0 Å². The van der Waals surface area contributed by atoms with Crippen LogP contribution in [0.5, 0.6) is 11.5 Å². The smallest absolute Gasteiger partial charge is 0.196 e. The van der Waals surface area contributed by atoms with Crippen LogP contribution in [0.1, 0.15) is 17.5 Å². The lowest BCUT2D eigenvalue weighted by Crippen LogP contribution is -2.62. The highest BCUT2D eigenvalue weighted by Crippen LogP contribution is 2.71. The van der Waals surface area contributed by atoms with Gasteiger partial charge in [0.25, 0.3) is 0 Å². The summed E-state index contributed by atoms with van der Waals surface area (Å²) in [5.74, 6) is 1.23. The molecule has 1 unspecified atom stereocenters. The van der Waals surface area contributed by atoms with E-state index < -0.39 is 17.1 Å². The van der Waals surface area contributed by atoms with E-state index in [1.807, 2.05) is 6.07 Å². The second kappa shape index (κ2) is 2.96. The number of fused-ring (bicyclic) bond motifs is 1. The predicted molar refractivity (Wildman–Crippen MR) is 76.2 cm³/mol. The number of nitrogens with one attached hydrogen (secondary N) is 1. The number of piperidine rings is 1. The number of hydrogen-bond acceptors (Lipinski definition) is 5. The number of ether oxygens (including phenoxy) is 2. The van der Waals surface area contributed by atoms with Crippen molar-refractivity contribution in [3.05, 3.63) is 35.4 Å². The molecule has 1 saturated carbocycles. The molecule has 5 heteroatoms. The largest absolute Gasteiger partial charge is 0.493 e. The van der Waals surface area contributed by atoms with E-state index in [1.54, 1.807) is 13.2 Å². The Bertz CT molecular complexity index is 817. The van der Waals surface area contributed by atoms with Gasteiger partial charge in [-0.1, -0.05) is 6.07 Å². The molecule has 2 spiro atoms. The van der Waals surface area contributed by atoms with Crippen LogP contribution in [0, 0.1) is 0 Å². The molecule has 1 aromatic rings. The van der Waals surface area contributed by atoms with E-state index in [0.717, 1.165) is 18.4 Å². The number of methoxy groups -OCH3 is 1. The Morgan fingerprint density at radius 3 is 3.14 bits per heavy atom. The molecule has 5 nitrogen and oxygen atoms in total. The van der Waals surface area contributed by atoms with Crippen molar-refractivity contribution in [3.63, 3.8) is 0 Å². The van der Waals surface area contributed by atoms with Crippen LogP contribution in [-0.4, -0.2) is 41.3 Å². The molecule has 0 amide bonds. The number of hydrogen-bond donors (Lipinski definition) is 2. The first-order valence-electron chi connectivity index (χ1n) is 7.66. The van der Waals surface area contributed by atoms with E-state index in [2.05, 4.69) is 11.4 Å². The van der Waals surface area contributed by atoms with Crippen molar-refractivity contribution in [1.29, 1.82) is 0 Å². The van der Waals surface area contributed by atoms with Gasteiger partial charge in [0, 0.05) is 11.1 Å². The van der Waals surface area contributed by atoms with Crippen LogP contribution >= 0.6 is 0 Å². The number of rotatable bonds is 1. The molecule has 0 radical (unpaired) electrons. The lowest BCUT2D eigenvalue weighted by molar-refractivity contribution is -0.130. The second-order valence-electron chi connectivity index (χ2n) is 7.25. The number of aliphatic hydroxyl groups is 1. The van der Waals surface area contributed by atoms with Crippen molar-refractivity contribution in [2.45, 2.75) is 41.5 Å². The Balaban J connectivity index is 1.76. The minimum absolute atomic E-state index is 0.000190. The highest BCUT2D eigenvalue weighted by atomic mass is 16.5. The van der Waals surface area contributed by atoms with Crippen LogP contribution in [0.4, 0.5) is 0 Å². The fourth-order valence-electron chi connectivity index (χ4n) is 5.68. The lowest BCUT2D eigenvalue weighted by atomic mass is 9.59. The summed E-state index contributed by atoms with van der Waals surface area (Å²) in [6, 6.07) is 3.95. The van der Waals surface area contributed by atoms with E-state index in [9.17, 15) is 9.90 Å².